The SMILES string of the molecule is Cc1cc(Cl)ccc1O[C@H](C)C(=O)O[C@H](C)C(=O)N1CCNC1=O. The number of esters is 1. The third-order valence-electron chi connectivity index (χ3n) is 3.54. The standard InChI is InChI=1S/C16H19ClN2O5/c1-9-8-12(17)4-5-13(9)23-11(3)15(21)24-10(2)14(20)19-7-6-18-16(19)22/h4-5,8,10-11H,6-7H2,1-3H3,(H,18,22)/t10-,11-/m1/s1. The lowest BCUT2D eigenvalue weighted by Gasteiger charge is -2.21. The average Bonchev–Trinajstić information content (AvgIpc) is 2.95. The molecule has 2 atom stereocenters. The number of aryl methyl sites for hydroxylation is 1. The van der Waals surface area contributed by atoms with Gasteiger partial charge in [-0.1, -0.05) is 11.6 Å². The number of hydrogen-bond donors (Lipinski definition) is 1. The number of carbonyl (C=O) groups excluding carboxylic acids is 3. The lowest BCUT2D eigenvalue weighted by atomic mass is 10.2. The summed E-state index contributed by atoms with van der Waals surface area (Å²) in [4.78, 5) is 36.7. The molecule has 8 heteroatoms. The summed E-state index contributed by atoms with van der Waals surface area (Å²) in [6, 6.07) is 4.54. The van der Waals surface area contributed by atoms with E-state index in [1.54, 1.807) is 25.1 Å². The first-order valence-corrected chi connectivity index (χ1v) is 7.90. The molecule has 0 aliphatic carbocycles. The lowest BCUT2D eigenvalue weighted by molar-refractivity contribution is -0.163. The van der Waals surface area contributed by atoms with Crippen LogP contribution in [0.2, 0.25) is 5.02 Å². The van der Waals surface area contributed by atoms with Gasteiger partial charge < -0.3 is 14.8 Å². The Morgan fingerprint density at radius 2 is 2.00 bits per heavy atom. The maximum Gasteiger partial charge on any atom is 0.347 e. The van der Waals surface area contributed by atoms with Crippen molar-refractivity contribution >= 4 is 29.5 Å². The number of amides is 3. The molecule has 1 aliphatic rings. The molecule has 130 valence electrons. The number of nitrogens with one attached hydrogen (secondary N) is 1. The predicted molar refractivity (Wildman–Crippen MR) is 86.9 cm³/mol. The smallest absolute Gasteiger partial charge is 0.347 e. The normalized spacial score (nSPS) is 16.3. The summed E-state index contributed by atoms with van der Waals surface area (Å²) < 4.78 is 10.7. The van der Waals surface area contributed by atoms with Crippen LogP contribution in [0.1, 0.15) is 19.4 Å². The number of urea groups is 1. The monoisotopic (exact) mass is 354 g/mol. The highest BCUT2D eigenvalue weighted by molar-refractivity contribution is 6.30. The number of nitrogens with zero attached hydrogens (tertiary/aromatic N) is 1. The van der Waals surface area contributed by atoms with Crippen molar-refractivity contribution in [1.29, 1.82) is 0 Å². The number of rotatable bonds is 5. The lowest BCUT2D eigenvalue weighted by Crippen LogP contribution is -2.43. The topological polar surface area (TPSA) is 84.9 Å². The molecule has 0 unspecified atom stereocenters. The summed E-state index contributed by atoms with van der Waals surface area (Å²) in [5.74, 6) is -0.750. The summed E-state index contributed by atoms with van der Waals surface area (Å²) in [6.07, 6.45) is -1.98. The zero-order valence-corrected chi connectivity index (χ0v) is 14.4. The third kappa shape index (κ3) is 4.17. The third-order valence-corrected chi connectivity index (χ3v) is 3.77. The van der Waals surface area contributed by atoms with Crippen molar-refractivity contribution < 1.29 is 23.9 Å². The first-order valence-electron chi connectivity index (χ1n) is 7.52. The van der Waals surface area contributed by atoms with Gasteiger partial charge in [0.1, 0.15) is 5.75 Å². The Morgan fingerprint density at radius 3 is 2.58 bits per heavy atom. The van der Waals surface area contributed by atoms with Crippen LogP contribution in [0.15, 0.2) is 18.2 Å². The fourth-order valence-electron chi connectivity index (χ4n) is 2.21. The van der Waals surface area contributed by atoms with E-state index < -0.39 is 30.1 Å². The molecule has 0 aromatic heterocycles. The second-order valence-corrected chi connectivity index (χ2v) is 5.91. The number of hydrogen-bond acceptors (Lipinski definition) is 5. The van der Waals surface area contributed by atoms with Gasteiger partial charge in [0.25, 0.3) is 5.91 Å². The Kier molecular flexibility index (Phi) is 5.66. The van der Waals surface area contributed by atoms with Crippen LogP contribution < -0.4 is 10.1 Å². The van der Waals surface area contributed by atoms with E-state index in [0.29, 0.717) is 17.3 Å². The summed E-state index contributed by atoms with van der Waals surface area (Å²) in [5, 5.41) is 3.08. The van der Waals surface area contributed by atoms with Gasteiger partial charge in [0.05, 0.1) is 0 Å². The van der Waals surface area contributed by atoms with Crippen molar-refractivity contribution in [1.82, 2.24) is 10.2 Å². The molecule has 2 rings (SSSR count). The van der Waals surface area contributed by atoms with Gasteiger partial charge in [0, 0.05) is 18.1 Å². The number of halogens is 1. The zero-order chi connectivity index (χ0) is 17.9. The molecule has 0 spiro atoms. The molecule has 1 aliphatic heterocycles. The fraction of sp³-hybridized carbons (Fsp3) is 0.438. The second kappa shape index (κ2) is 7.53. The second-order valence-electron chi connectivity index (χ2n) is 5.47. The average molecular weight is 355 g/mol. The Hall–Kier alpha value is -2.28. The molecule has 1 heterocycles. The van der Waals surface area contributed by atoms with Crippen molar-refractivity contribution in [2.24, 2.45) is 0 Å². The molecule has 1 aromatic carbocycles. The van der Waals surface area contributed by atoms with E-state index in [-0.39, 0.29) is 6.54 Å². The molecule has 24 heavy (non-hydrogen) atoms. The Morgan fingerprint density at radius 1 is 1.29 bits per heavy atom. The first kappa shape index (κ1) is 18.1. The first-order chi connectivity index (χ1) is 11.3. The van der Waals surface area contributed by atoms with Gasteiger partial charge in [-0.3, -0.25) is 9.69 Å². The van der Waals surface area contributed by atoms with Crippen molar-refractivity contribution in [2.75, 3.05) is 13.1 Å². The largest absolute Gasteiger partial charge is 0.479 e. The zero-order valence-electron chi connectivity index (χ0n) is 13.7. The van der Waals surface area contributed by atoms with Crippen molar-refractivity contribution in [2.45, 2.75) is 33.0 Å². The molecular formula is C16H19ClN2O5. The van der Waals surface area contributed by atoms with E-state index in [1.807, 2.05) is 0 Å². The Balaban J connectivity index is 1.93. The minimum atomic E-state index is -1.07. The van der Waals surface area contributed by atoms with Gasteiger partial charge in [-0.05, 0) is 44.5 Å². The van der Waals surface area contributed by atoms with Gasteiger partial charge in [0.15, 0.2) is 12.2 Å². The molecule has 1 saturated heterocycles. The van der Waals surface area contributed by atoms with E-state index in [2.05, 4.69) is 5.32 Å². The van der Waals surface area contributed by atoms with Crippen molar-refractivity contribution in [3.05, 3.63) is 28.8 Å². The number of carbonyl (C=O) groups is 3. The Bertz CT molecular complexity index is 664. The summed E-state index contributed by atoms with van der Waals surface area (Å²) in [6.45, 7) is 5.40. The van der Waals surface area contributed by atoms with Crippen LogP contribution in [0.4, 0.5) is 4.79 Å². The van der Waals surface area contributed by atoms with Crippen LogP contribution in [-0.4, -0.2) is 48.1 Å². The quantitative estimate of drug-likeness (QED) is 0.816. The van der Waals surface area contributed by atoms with Gasteiger partial charge in [-0.2, -0.15) is 0 Å². The Labute approximate surface area is 144 Å². The molecule has 0 radical (unpaired) electrons. The maximum absolute atomic E-state index is 12.1. The van der Waals surface area contributed by atoms with Gasteiger partial charge in [-0.25, -0.2) is 9.59 Å². The fourth-order valence-corrected chi connectivity index (χ4v) is 2.43. The van der Waals surface area contributed by atoms with Crippen molar-refractivity contribution in [3.63, 3.8) is 0 Å². The van der Waals surface area contributed by atoms with E-state index >= 15 is 0 Å². The molecule has 3 amide bonds. The van der Waals surface area contributed by atoms with Crippen LogP contribution in [0, 0.1) is 6.92 Å². The molecular weight excluding hydrogens is 336 g/mol. The summed E-state index contributed by atoms with van der Waals surface area (Å²) >= 11 is 5.87. The van der Waals surface area contributed by atoms with E-state index in [9.17, 15) is 14.4 Å². The molecule has 1 aromatic rings. The van der Waals surface area contributed by atoms with E-state index in [1.165, 1.54) is 13.8 Å². The molecule has 0 bridgehead atoms. The van der Waals surface area contributed by atoms with Gasteiger partial charge in [0.2, 0.25) is 0 Å². The molecule has 1 N–H and O–H groups in total. The van der Waals surface area contributed by atoms with E-state index in [0.717, 1.165) is 10.5 Å². The van der Waals surface area contributed by atoms with Crippen LogP contribution in [0.25, 0.3) is 0 Å². The summed E-state index contributed by atoms with van der Waals surface area (Å²) in [7, 11) is 0. The van der Waals surface area contributed by atoms with E-state index in [4.69, 9.17) is 21.1 Å². The maximum atomic E-state index is 12.1. The summed E-state index contributed by atoms with van der Waals surface area (Å²) in [5.41, 5.74) is 0.778. The van der Waals surface area contributed by atoms with Crippen LogP contribution >= 0.6 is 11.6 Å². The number of benzene rings is 1. The molecule has 7 nitrogen and oxygen atoms in total. The number of ether oxygens (including phenoxy) is 2. The van der Waals surface area contributed by atoms with Crippen LogP contribution in [-0.2, 0) is 14.3 Å². The molecule has 0 saturated carbocycles. The van der Waals surface area contributed by atoms with Crippen molar-refractivity contribution in [3.8, 4) is 5.75 Å². The highest BCUT2D eigenvalue weighted by Crippen LogP contribution is 2.23. The minimum Gasteiger partial charge on any atom is -0.479 e. The van der Waals surface area contributed by atoms with Crippen LogP contribution in [0.5, 0.6) is 5.75 Å². The predicted octanol–water partition coefficient (Wildman–Crippen LogP) is 1.90. The highest BCUT2D eigenvalue weighted by atomic mass is 35.5. The highest BCUT2D eigenvalue weighted by Gasteiger charge is 2.32. The van der Waals surface area contributed by atoms with Gasteiger partial charge >= 0.3 is 12.0 Å². The van der Waals surface area contributed by atoms with Crippen LogP contribution in [0.3, 0.4) is 0 Å². The minimum absolute atomic E-state index is 0.260. The number of imide groups is 1. The molecule has 1 fully saturated rings. The van der Waals surface area contributed by atoms with Gasteiger partial charge in [-0.15, -0.1) is 0 Å².